The molecule has 0 aliphatic heterocycles. The molecule has 0 saturated heterocycles. The zero-order chi connectivity index (χ0) is 15.6. The highest BCUT2D eigenvalue weighted by Gasteiger charge is 2.04. The molecule has 5 nitrogen and oxygen atoms in total. The van der Waals surface area contributed by atoms with Gasteiger partial charge >= 0.3 is 0 Å². The third-order valence-electron chi connectivity index (χ3n) is 2.76. The van der Waals surface area contributed by atoms with Crippen molar-refractivity contribution in [2.75, 3.05) is 5.32 Å². The molecule has 0 saturated carbocycles. The maximum Gasteiger partial charge on any atom is 0.230 e. The summed E-state index contributed by atoms with van der Waals surface area (Å²) >= 11 is 0. The van der Waals surface area contributed by atoms with Crippen molar-refractivity contribution in [1.82, 2.24) is 9.97 Å². The molecule has 2 rings (SSSR count). The zero-order valence-corrected chi connectivity index (χ0v) is 11.9. The molecule has 1 amide bonds. The van der Waals surface area contributed by atoms with E-state index in [2.05, 4.69) is 27.1 Å². The van der Waals surface area contributed by atoms with Crippen LogP contribution in [0.4, 0.5) is 5.82 Å². The Morgan fingerprint density at radius 3 is 2.77 bits per heavy atom. The molecule has 2 aromatic rings. The minimum Gasteiger partial charge on any atom is -0.310 e. The maximum absolute atomic E-state index is 11.9. The summed E-state index contributed by atoms with van der Waals surface area (Å²) in [5, 5.41) is 11.1. The van der Waals surface area contributed by atoms with Gasteiger partial charge in [-0.3, -0.25) is 9.78 Å². The van der Waals surface area contributed by atoms with Crippen LogP contribution in [0.5, 0.6) is 0 Å². The largest absolute Gasteiger partial charge is 0.310 e. The number of hydrogen-bond acceptors (Lipinski definition) is 4. The molecule has 108 valence electrons. The molecule has 0 atom stereocenters. The number of nitrogens with one attached hydrogen (secondary N) is 1. The van der Waals surface area contributed by atoms with Gasteiger partial charge in [-0.05, 0) is 23.3 Å². The smallest absolute Gasteiger partial charge is 0.230 e. The van der Waals surface area contributed by atoms with Crippen molar-refractivity contribution in [2.24, 2.45) is 0 Å². The number of nitrogens with zero attached hydrogens (tertiary/aromatic N) is 3. The van der Waals surface area contributed by atoms with Crippen LogP contribution in [0.15, 0.2) is 42.9 Å². The van der Waals surface area contributed by atoms with Crippen molar-refractivity contribution < 1.29 is 4.79 Å². The van der Waals surface area contributed by atoms with Gasteiger partial charge in [0, 0.05) is 25.0 Å². The van der Waals surface area contributed by atoms with Gasteiger partial charge < -0.3 is 5.32 Å². The minimum absolute atomic E-state index is 0.137. The van der Waals surface area contributed by atoms with Crippen LogP contribution in [0.25, 0.3) is 0 Å². The number of carbonyl (C=O) groups excluding carboxylic acids is 1. The van der Waals surface area contributed by atoms with Crippen LogP contribution in [0.3, 0.4) is 0 Å². The van der Waals surface area contributed by atoms with Gasteiger partial charge in [0.15, 0.2) is 0 Å². The van der Waals surface area contributed by atoms with Gasteiger partial charge in [-0.15, -0.1) is 0 Å². The van der Waals surface area contributed by atoms with Gasteiger partial charge in [-0.25, -0.2) is 4.98 Å². The van der Waals surface area contributed by atoms with Crippen LogP contribution in [0, 0.1) is 23.2 Å². The predicted octanol–water partition coefficient (Wildman–Crippen LogP) is 2.12. The lowest BCUT2D eigenvalue weighted by molar-refractivity contribution is -0.115. The summed E-state index contributed by atoms with van der Waals surface area (Å²) in [6, 6.07) is 9.20. The van der Waals surface area contributed by atoms with Crippen LogP contribution in [-0.2, 0) is 17.6 Å². The van der Waals surface area contributed by atoms with Gasteiger partial charge in [0.1, 0.15) is 5.82 Å². The fourth-order valence-electron chi connectivity index (χ4n) is 1.74. The molecule has 0 spiro atoms. The molecule has 2 heterocycles. The minimum atomic E-state index is -0.137. The Labute approximate surface area is 129 Å². The fraction of sp³-hybridized carbons (Fsp3) is 0.176. The van der Waals surface area contributed by atoms with Crippen LogP contribution >= 0.6 is 0 Å². The number of amides is 1. The summed E-state index contributed by atoms with van der Waals surface area (Å²) in [5.74, 6) is 6.00. The van der Waals surface area contributed by atoms with Gasteiger partial charge in [0.05, 0.1) is 18.9 Å². The first-order valence-electron chi connectivity index (χ1n) is 6.74. The van der Waals surface area contributed by atoms with E-state index in [1.54, 1.807) is 30.7 Å². The Balaban J connectivity index is 1.87. The van der Waals surface area contributed by atoms with Crippen LogP contribution in [0.2, 0.25) is 0 Å². The van der Waals surface area contributed by atoms with E-state index < -0.39 is 0 Å². The fourth-order valence-corrected chi connectivity index (χ4v) is 1.74. The van der Waals surface area contributed by atoms with E-state index in [0.29, 0.717) is 12.2 Å². The normalized spacial score (nSPS) is 9.23. The third kappa shape index (κ3) is 5.07. The highest BCUT2D eigenvalue weighted by molar-refractivity contribution is 5.91. The Morgan fingerprint density at radius 2 is 2.09 bits per heavy atom. The molecule has 0 aliphatic carbocycles. The number of nitriles is 1. The molecular formula is C17H14N4O. The van der Waals surface area contributed by atoms with Gasteiger partial charge in [-0.1, -0.05) is 24.0 Å². The lowest BCUT2D eigenvalue weighted by Gasteiger charge is -2.04. The maximum atomic E-state index is 11.9. The number of aromatic nitrogens is 2. The first-order chi connectivity index (χ1) is 10.8. The summed E-state index contributed by atoms with van der Waals surface area (Å²) in [5.41, 5.74) is 1.79. The number of pyridine rings is 2. The van der Waals surface area contributed by atoms with Gasteiger partial charge in [-0.2, -0.15) is 5.26 Å². The van der Waals surface area contributed by atoms with Crippen LogP contribution < -0.4 is 5.32 Å². The number of hydrogen-bond donors (Lipinski definition) is 1. The second-order valence-electron chi connectivity index (χ2n) is 4.50. The first-order valence-corrected chi connectivity index (χ1v) is 6.74. The van der Waals surface area contributed by atoms with E-state index in [4.69, 9.17) is 5.26 Å². The molecule has 0 fully saturated rings. The van der Waals surface area contributed by atoms with E-state index in [-0.39, 0.29) is 18.7 Å². The van der Waals surface area contributed by atoms with Crippen molar-refractivity contribution >= 4 is 11.7 Å². The zero-order valence-electron chi connectivity index (χ0n) is 11.9. The lowest BCUT2D eigenvalue weighted by atomic mass is 10.2. The van der Waals surface area contributed by atoms with Crippen LogP contribution in [-0.4, -0.2) is 15.9 Å². The Morgan fingerprint density at radius 1 is 1.18 bits per heavy atom. The van der Waals surface area contributed by atoms with E-state index in [0.717, 1.165) is 11.1 Å². The summed E-state index contributed by atoms with van der Waals surface area (Å²) in [6.45, 7) is 0. The Bertz CT molecular complexity index is 721. The summed E-state index contributed by atoms with van der Waals surface area (Å²) in [6.07, 6.45) is 6.03. The molecule has 0 radical (unpaired) electrons. The highest BCUT2D eigenvalue weighted by atomic mass is 16.1. The third-order valence-corrected chi connectivity index (χ3v) is 2.76. The number of anilines is 1. The molecular weight excluding hydrogens is 276 g/mol. The second kappa shape index (κ2) is 8.18. The summed E-state index contributed by atoms with van der Waals surface area (Å²) in [7, 11) is 0. The lowest BCUT2D eigenvalue weighted by Crippen LogP contribution is -2.15. The van der Waals surface area contributed by atoms with Crippen molar-refractivity contribution in [2.45, 2.75) is 19.3 Å². The molecule has 0 aliphatic rings. The Hall–Kier alpha value is -3.18. The molecule has 5 heteroatoms. The van der Waals surface area contributed by atoms with Crippen molar-refractivity contribution in [3.63, 3.8) is 0 Å². The van der Waals surface area contributed by atoms with E-state index >= 15 is 0 Å². The topological polar surface area (TPSA) is 78.7 Å². The van der Waals surface area contributed by atoms with Crippen molar-refractivity contribution in [3.05, 3.63) is 54.0 Å². The molecule has 2 aromatic heterocycles. The van der Waals surface area contributed by atoms with Crippen molar-refractivity contribution in [3.8, 4) is 17.9 Å². The molecule has 22 heavy (non-hydrogen) atoms. The van der Waals surface area contributed by atoms with Crippen molar-refractivity contribution in [1.29, 1.82) is 5.26 Å². The SMILES string of the molecule is N#CCC#CCc1ccc(NC(=O)Cc2cccnc2)nc1. The molecule has 0 unspecified atom stereocenters. The van der Waals surface area contributed by atoms with Gasteiger partial charge in [0.2, 0.25) is 5.91 Å². The number of carbonyl (C=O) groups is 1. The number of rotatable bonds is 4. The van der Waals surface area contributed by atoms with E-state index in [1.807, 2.05) is 18.2 Å². The van der Waals surface area contributed by atoms with Crippen LogP contribution in [0.1, 0.15) is 17.5 Å². The van der Waals surface area contributed by atoms with Gasteiger partial charge in [0.25, 0.3) is 0 Å². The quantitative estimate of drug-likeness (QED) is 0.875. The average molecular weight is 290 g/mol. The summed E-state index contributed by atoms with van der Waals surface area (Å²) in [4.78, 5) is 20.0. The standard InChI is InChI=1S/C17H14N4O/c18-9-3-1-2-5-14-7-8-16(20-13-14)21-17(22)11-15-6-4-10-19-12-15/h4,6-8,10,12-13H,3,5,11H2,(H,20,21,22). The molecule has 0 aromatic carbocycles. The first kappa shape index (κ1) is 15.2. The second-order valence-corrected chi connectivity index (χ2v) is 4.50. The summed E-state index contributed by atoms with van der Waals surface area (Å²) < 4.78 is 0. The molecule has 0 bridgehead atoms. The predicted molar refractivity (Wildman–Crippen MR) is 82.5 cm³/mol. The highest BCUT2D eigenvalue weighted by Crippen LogP contribution is 2.07. The molecule has 1 N–H and O–H groups in total. The van der Waals surface area contributed by atoms with E-state index in [1.165, 1.54) is 0 Å². The monoisotopic (exact) mass is 290 g/mol. The average Bonchev–Trinajstić information content (AvgIpc) is 2.54. The Kier molecular flexibility index (Phi) is 5.66. The van der Waals surface area contributed by atoms with E-state index in [9.17, 15) is 4.79 Å².